The third-order valence-corrected chi connectivity index (χ3v) is 4.87. The summed E-state index contributed by atoms with van der Waals surface area (Å²) < 4.78 is 14.7. The molecule has 0 fully saturated rings. The van der Waals surface area contributed by atoms with Gasteiger partial charge in [-0.3, -0.25) is 4.99 Å². The van der Waals surface area contributed by atoms with E-state index in [-0.39, 0.29) is 11.4 Å². The van der Waals surface area contributed by atoms with Gasteiger partial charge in [-0.1, -0.05) is 24.3 Å². The van der Waals surface area contributed by atoms with Crippen LogP contribution in [0.2, 0.25) is 0 Å². The number of aryl methyl sites for hydroxylation is 1. The first kappa shape index (κ1) is 17.4. The summed E-state index contributed by atoms with van der Waals surface area (Å²) in [5, 5.41) is 0. The first-order valence-corrected chi connectivity index (χ1v) is 8.74. The Bertz CT molecular complexity index is 862. The molecule has 0 amide bonds. The van der Waals surface area contributed by atoms with Gasteiger partial charge >= 0.3 is 0 Å². The lowest BCUT2D eigenvalue weighted by atomic mass is 9.88. The fraction of sp³-hybridized carbons (Fsp3) is 0.318. The number of fused-ring (bicyclic) bond motifs is 1. The molecule has 0 atom stereocenters. The second kappa shape index (κ2) is 6.47. The molecule has 3 heteroatoms. The second-order valence-electron chi connectivity index (χ2n) is 7.16. The van der Waals surface area contributed by atoms with Crippen molar-refractivity contribution in [3.05, 3.63) is 65.0 Å². The monoisotopic (exact) mass is 336 g/mol. The molecule has 2 aromatic rings. The molecule has 130 valence electrons. The van der Waals surface area contributed by atoms with Gasteiger partial charge in [-0.25, -0.2) is 4.39 Å². The predicted octanol–water partition coefficient (Wildman–Crippen LogP) is 5.91. The van der Waals surface area contributed by atoms with E-state index in [1.807, 2.05) is 37.3 Å². The molecule has 0 aromatic heterocycles. The van der Waals surface area contributed by atoms with Crippen LogP contribution in [0.3, 0.4) is 0 Å². The zero-order valence-electron chi connectivity index (χ0n) is 15.6. The minimum Gasteiger partial charge on any atom is -0.363 e. The smallest absolute Gasteiger partial charge is 0.134 e. The Kier molecular flexibility index (Phi) is 4.51. The molecule has 1 heterocycles. The van der Waals surface area contributed by atoms with Gasteiger partial charge < -0.3 is 4.90 Å². The average molecular weight is 336 g/mol. The molecule has 0 saturated heterocycles. The molecule has 0 aliphatic carbocycles. The number of rotatable bonds is 3. The third-order valence-electron chi connectivity index (χ3n) is 4.87. The standard InChI is InChI=1S/C22H25FN2/c1-6-25-21-12-19(23)17(11-18(21)16(3)13-22(25,4)5)14-24-20-10-8-7-9-15(20)2/h7-14H,6H2,1-5H3. The number of hydrogen-bond donors (Lipinski definition) is 0. The molecule has 0 unspecified atom stereocenters. The normalized spacial score (nSPS) is 16.1. The fourth-order valence-electron chi connectivity index (χ4n) is 3.64. The van der Waals surface area contributed by atoms with Crippen LogP contribution < -0.4 is 4.90 Å². The van der Waals surface area contributed by atoms with Crippen LogP contribution in [0.25, 0.3) is 5.57 Å². The second-order valence-corrected chi connectivity index (χ2v) is 7.16. The number of aliphatic imine (C=N–C) groups is 1. The van der Waals surface area contributed by atoms with Crippen molar-refractivity contribution in [1.82, 2.24) is 0 Å². The first-order valence-electron chi connectivity index (χ1n) is 8.74. The van der Waals surface area contributed by atoms with E-state index >= 15 is 0 Å². The van der Waals surface area contributed by atoms with Gasteiger partial charge in [0.15, 0.2) is 0 Å². The van der Waals surface area contributed by atoms with Crippen LogP contribution in [0.4, 0.5) is 15.8 Å². The van der Waals surface area contributed by atoms with Crippen LogP contribution in [-0.4, -0.2) is 18.3 Å². The van der Waals surface area contributed by atoms with Gasteiger partial charge in [-0.15, -0.1) is 0 Å². The Morgan fingerprint density at radius 2 is 1.88 bits per heavy atom. The largest absolute Gasteiger partial charge is 0.363 e. The lowest BCUT2D eigenvalue weighted by Gasteiger charge is -2.42. The minimum absolute atomic E-state index is 0.116. The van der Waals surface area contributed by atoms with Gasteiger partial charge in [0.05, 0.1) is 11.2 Å². The van der Waals surface area contributed by atoms with Gasteiger partial charge in [0.2, 0.25) is 0 Å². The highest BCUT2D eigenvalue weighted by Gasteiger charge is 2.30. The number of nitrogens with zero attached hydrogens (tertiary/aromatic N) is 2. The fourth-order valence-corrected chi connectivity index (χ4v) is 3.64. The Morgan fingerprint density at radius 3 is 2.56 bits per heavy atom. The van der Waals surface area contributed by atoms with Crippen molar-refractivity contribution in [3.63, 3.8) is 0 Å². The highest BCUT2D eigenvalue weighted by molar-refractivity contribution is 5.89. The highest BCUT2D eigenvalue weighted by atomic mass is 19.1. The van der Waals surface area contributed by atoms with Gasteiger partial charge in [-0.05, 0) is 64.0 Å². The summed E-state index contributed by atoms with van der Waals surface area (Å²) in [7, 11) is 0. The average Bonchev–Trinajstić information content (AvgIpc) is 2.54. The molecular formula is C22H25FN2. The topological polar surface area (TPSA) is 15.6 Å². The van der Waals surface area contributed by atoms with Crippen LogP contribution >= 0.6 is 0 Å². The number of benzene rings is 2. The predicted molar refractivity (Wildman–Crippen MR) is 106 cm³/mol. The number of anilines is 1. The van der Waals surface area contributed by atoms with Crippen LogP contribution in [0, 0.1) is 12.7 Å². The van der Waals surface area contributed by atoms with Crippen LogP contribution in [0.15, 0.2) is 47.5 Å². The lowest BCUT2D eigenvalue weighted by molar-refractivity contribution is 0.561. The molecule has 0 saturated carbocycles. The zero-order valence-corrected chi connectivity index (χ0v) is 15.6. The van der Waals surface area contributed by atoms with Crippen LogP contribution in [0.5, 0.6) is 0 Å². The van der Waals surface area contributed by atoms with Gasteiger partial charge in [0, 0.05) is 29.6 Å². The molecule has 25 heavy (non-hydrogen) atoms. The maximum absolute atomic E-state index is 14.7. The van der Waals surface area contributed by atoms with Crippen LogP contribution in [0.1, 0.15) is 44.4 Å². The third kappa shape index (κ3) is 3.23. The Hall–Kier alpha value is -2.42. The van der Waals surface area contributed by atoms with Gasteiger partial charge in [0.1, 0.15) is 5.82 Å². The number of likely N-dealkylation sites (N-methyl/N-ethyl adjacent to an activating group) is 1. The highest BCUT2D eigenvalue weighted by Crippen LogP contribution is 2.39. The van der Waals surface area contributed by atoms with Crippen LogP contribution in [-0.2, 0) is 0 Å². The molecule has 3 rings (SSSR count). The van der Waals surface area contributed by atoms with E-state index in [2.05, 4.69) is 43.7 Å². The quantitative estimate of drug-likeness (QED) is 0.637. The van der Waals surface area contributed by atoms with Crippen molar-refractivity contribution in [2.45, 2.75) is 40.2 Å². The van der Waals surface area contributed by atoms with E-state index in [9.17, 15) is 4.39 Å². The maximum Gasteiger partial charge on any atom is 0.134 e. The maximum atomic E-state index is 14.7. The van der Waals surface area contributed by atoms with Crippen molar-refractivity contribution >= 4 is 23.2 Å². The van der Waals surface area contributed by atoms with E-state index < -0.39 is 0 Å². The van der Waals surface area contributed by atoms with Gasteiger partial charge in [0.25, 0.3) is 0 Å². The molecule has 1 aliphatic heterocycles. The summed E-state index contributed by atoms with van der Waals surface area (Å²) in [4.78, 5) is 6.72. The van der Waals surface area contributed by atoms with E-state index in [1.165, 1.54) is 5.57 Å². The van der Waals surface area contributed by atoms with E-state index in [1.54, 1.807) is 12.3 Å². The Morgan fingerprint density at radius 1 is 1.16 bits per heavy atom. The summed E-state index contributed by atoms with van der Waals surface area (Å²) in [5.74, 6) is -0.236. The SMILES string of the molecule is CCN1c2cc(F)c(C=Nc3ccccc3C)cc2C(C)=CC1(C)C. The Balaban J connectivity index is 2.05. The molecular weight excluding hydrogens is 311 g/mol. The lowest BCUT2D eigenvalue weighted by Crippen LogP contribution is -2.45. The first-order chi connectivity index (χ1) is 11.8. The summed E-state index contributed by atoms with van der Waals surface area (Å²) >= 11 is 0. The number of allylic oxidation sites excluding steroid dienone is 1. The summed E-state index contributed by atoms with van der Waals surface area (Å²) in [6.07, 6.45) is 3.88. The van der Waals surface area contributed by atoms with E-state index in [0.717, 1.165) is 29.0 Å². The van der Waals surface area contributed by atoms with E-state index in [0.29, 0.717) is 5.56 Å². The van der Waals surface area contributed by atoms with Crippen molar-refractivity contribution in [2.24, 2.45) is 4.99 Å². The molecule has 2 aromatic carbocycles. The van der Waals surface area contributed by atoms with Crippen molar-refractivity contribution in [2.75, 3.05) is 11.4 Å². The van der Waals surface area contributed by atoms with Crippen molar-refractivity contribution < 1.29 is 4.39 Å². The number of para-hydroxylation sites is 1. The molecule has 0 N–H and O–H groups in total. The molecule has 0 spiro atoms. The molecule has 1 aliphatic rings. The number of hydrogen-bond acceptors (Lipinski definition) is 2. The summed E-state index contributed by atoms with van der Waals surface area (Å²) in [5.41, 5.74) is 5.55. The Labute approximate surface area is 149 Å². The summed E-state index contributed by atoms with van der Waals surface area (Å²) in [6.45, 7) is 11.4. The van der Waals surface area contributed by atoms with Crippen molar-refractivity contribution in [3.8, 4) is 0 Å². The molecule has 0 bridgehead atoms. The zero-order chi connectivity index (χ0) is 18.2. The number of halogens is 1. The van der Waals surface area contributed by atoms with Crippen molar-refractivity contribution in [1.29, 1.82) is 0 Å². The van der Waals surface area contributed by atoms with E-state index in [4.69, 9.17) is 0 Å². The van der Waals surface area contributed by atoms with Gasteiger partial charge in [-0.2, -0.15) is 0 Å². The molecule has 2 nitrogen and oxygen atoms in total. The molecule has 0 radical (unpaired) electrons. The summed E-state index contributed by atoms with van der Waals surface area (Å²) in [6, 6.07) is 11.4. The minimum atomic E-state index is -0.236.